The number of benzene rings is 1. The van der Waals surface area contributed by atoms with E-state index < -0.39 is 6.10 Å². The minimum atomic E-state index is -0.753. The maximum atomic E-state index is 10.3. The molecule has 1 aromatic heterocycles. The van der Waals surface area contributed by atoms with Crippen LogP contribution in [-0.4, -0.2) is 14.7 Å². The van der Waals surface area contributed by atoms with Crippen LogP contribution in [0.1, 0.15) is 30.8 Å². The predicted molar refractivity (Wildman–Crippen MR) is 75.7 cm³/mol. The molecule has 1 N–H and O–H groups in total. The SMILES string of the molecule is CCCn1ccnc1C(O)c1ccc(Br)c(Cl)c1. The highest BCUT2D eigenvalue weighted by molar-refractivity contribution is 9.10. The molecule has 0 aliphatic carbocycles. The van der Waals surface area contributed by atoms with Crippen molar-refractivity contribution >= 4 is 27.5 Å². The van der Waals surface area contributed by atoms with Crippen LogP contribution in [0, 0.1) is 0 Å². The van der Waals surface area contributed by atoms with Crippen molar-refractivity contribution in [3.63, 3.8) is 0 Å². The molecule has 2 rings (SSSR count). The van der Waals surface area contributed by atoms with Crippen LogP contribution in [0.2, 0.25) is 5.02 Å². The van der Waals surface area contributed by atoms with Gasteiger partial charge >= 0.3 is 0 Å². The van der Waals surface area contributed by atoms with Gasteiger partial charge in [-0.05, 0) is 40.0 Å². The number of nitrogens with zero attached hydrogens (tertiary/aromatic N) is 2. The number of aliphatic hydroxyl groups is 1. The van der Waals surface area contributed by atoms with Gasteiger partial charge in [-0.3, -0.25) is 0 Å². The molecule has 1 aromatic carbocycles. The molecule has 0 aliphatic rings. The first-order valence-corrected chi connectivity index (χ1v) is 6.94. The summed E-state index contributed by atoms with van der Waals surface area (Å²) in [6, 6.07) is 5.42. The third-order valence-electron chi connectivity index (χ3n) is 2.72. The molecule has 3 nitrogen and oxygen atoms in total. The van der Waals surface area contributed by atoms with Crippen molar-refractivity contribution in [2.75, 3.05) is 0 Å². The van der Waals surface area contributed by atoms with Crippen LogP contribution in [0.25, 0.3) is 0 Å². The summed E-state index contributed by atoms with van der Waals surface area (Å²) in [5.41, 5.74) is 0.742. The molecule has 0 aliphatic heterocycles. The summed E-state index contributed by atoms with van der Waals surface area (Å²) in [6.45, 7) is 2.93. The van der Waals surface area contributed by atoms with E-state index in [1.165, 1.54) is 0 Å². The molecule has 0 amide bonds. The van der Waals surface area contributed by atoms with Crippen molar-refractivity contribution in [2.45, 2.75) is 26.0 Å². The van der Waals surface area contributed by atoms with Gasteiger partial charge in [0.1, 0.15) is 11.9 Å². The topological polar surface area (TPSA) is 38.0 Å². The van der Waals surface area contributed by atoms with Gasteiger partial charge in [0, 0.05) is 23.4 Å². The van der Waals surface area contributed by atoms with E-state index >= 15 is 0 Å². The normalized spacial score (nSPS) is 12.7. The molecule has 18 heavy (non-hydrogen) atoms. The third-order valence-corrected chi connectivity index (χ3v) is 3.95. The molecule has 0 saturated heterocycles. The molecule has 0 spiro atoms. The van der Waals surface area contributed by atoms with E-state index in [4.69, 9.17) is 11.6 Å². The van der Waals surface area contributed by atoms with Crippen LogP contribution in [-0.2, 0) is 6.54 Å². The fourth-order valence-electron chi connectivity index (χ4n) is 1.83. The monoisotopic (exact) mass is 328 g/mol. The molecule has 0 radical (unpaired) electrons. The Morgan fingerprint density at radius 1 is 1.50 bits per heavy atom. The second-order valence-electron chi connectivity index (χ2n) is 4.05. The second kappa shape index (κ2) is 5.87. The van der Waals surface area contributed by atoms with Crippen molar-refractivity contribution in [1.29, 1.82) is 0 Å². The van der Waals surface area contributed by atoms with Gasteiger partial charge in [-0.25, -0.2) is 4.98 Å². The zero-order valence-electron chi connectivity index (χ0n) is 9.98. The van der Waals surface area contributed by atoms with E-state index in [1.54, 1.807) is 12.3 Å². The van der Waals surface area contributed by atoms with E-state index in [9.17, 15) is 5.11 Å². The van der Waals surface area contributed by atoms with Crippen molar-refractivity contribution in [1.82, 2.24) is 9.55 Å². The molecule has 0 bridgehead atoms. The Morgan fingerprint density at radius 3 is 2.94 bits per heavy atom. The third kappa shape index (κ3) is 2.76. The zero-order chi connectivity index (χ0) is 13.1. The standard InChI is InChI=1S/C13H14BrClN2O/c1-2-6-17-7-5-16-13(17)12(18)9-3-4-10(14)11(15)8-9/h3-5,7-8,12,18H,2,6H2,1H3. The summed E-state index contributed by atoms with van der Waals surface area (Å²) in [5, 5.41) is 10.9. The highest BCUT2D eigenvalue weighted by Gasteiger charge is 2.16. The zero-order valence-corrected chi connectivity index (χ0v) is 12.3. The fraction of sp³-hybridized carbons (Fsp3) is 0.308. The largest absolute Gasteiger partial charge is 0.380 e. The highest BCUT2D eigenvalue weighted by Crippen LogP contribution is 2.28. The molecule has 2 aromatic rings. The Morgan fingerprint density at radius 2 is 2.28 bits per heavy atom. The van der Waals surface area contributed by atoms with E-state index in [1.807, 2.05) is 22.9 Å². The molecule has 0 saturated carbocycles. The minimum absolute atomic E-state index is 0.583. The second-order valence-corrected chi connectivity index (χ2v) is 5.32. The van der Waals surface area contributed by atoms with Crippen molar-refractivity contribution in [3.8, 4) is 0 Å². The Hall–Kier alpha value is -0.840. The van der Waals surface area contributed by atoms with Gasteiger partial charge in [0.15, 0.2) is 0 Å². The number of hydrogen-bond acceptors (Lipinski definition) is 2. The number of halogens is 2. The number of hydrogen-bond donors (Lipinski definition) is 1. The van der Waals surface area contributed by atoms with E-state index in [0.29, 0.717) is 10.8 Å². The van der Waals surface area contributed by atoms with Crippen LogP contribution in [0.15, 0.2) is 35.1 Å². The van der Waals surface area contributed by atoms with Gasteiger partial charge in [-0.1, -0.05) is 24.6 Å². The minimum Gasteiger partial charge on any atom is -0.380 e. The van der Waals surface area contributed by atoms with E-state index in [2.05, 4.69) is 27.8 Å². The highest BCUT2D eigenvalue weighted by atomic mass is 79.9. The number of rotatable bonds is 4. The first kappa shape index (κ1) is 13.6. The van der Waals surface area contributed by atoms with Gasteiger partial charge in [0.2, 0.25) is 0 Å². The van der Waals surface area contributed by atoms with Crippen LogP contribution >= 0.6 is 27.5 Å². The maximum absolute atomic E-state index is 10.3. The van der Waals surface area contributed by atoms with Gasteiger partial charge < -0.3 is 9.67 Å². The summed E-state index contributed by atoms with van der Waals surface area (Å²) in [4.78, 5) is 4.22. The van der Waals surface area contributed by atoms with Crippen LogP contribution in [0.5, 0.6) is 0 Å². The van der Waals surface area contributed by atoms with Crippen molar-refractivity contribution in [2.24, 2.45) is 0 Å². The average Bonchev–Trinajstić information content (AvgIpc) is 2.80. The molecule has 1 heterocycles. The Balaban J connectivity index is 2.32. The van der Waals surface area contributed by atoms with E-state index in [-0.39, 0.29) is 0 Å². The van der Waals surface area contributed by atoms with Gasteiger partial charge in [0.05, 0.1) is 5.02 Å². The van der Waals surface area contributed by atoms with Gasteiger partial charge in [0.25, 0.3) is 0 Å². The lowest BCUT2D eigenvalue weighted by atomic mass is 10.1. The van der Waals surface area contributed by atoms with Crippen LogP contribution in [0.3, 0.4) is 0 Å². The average molecular weight is 330 g/mol. The first-order chi connectivity index (χ1) is 8.63. The fourth-order valence-corrected chi connectivity index (χ4v) is 2.27. The molecule has 1 unspecified atom stereocenters. The Labute approximate surface area is 120 Å². The van der Waals surface area contributed by atoms with Crippen molar-refractivity contribution in [3.05, 3.63) is 51.5 Å². The number of imidazole rings is 1. The Bertz CT molecular complexity index is 542. The molecular weight excluding hydrogens is 316 g/mol. The lowest BCUT2D eigenvalue weighted by Gasteiger charge is -2.13. The Kier molecular flexibility index (Phi) is 4.43. The molecular formula is C13H14BrClN2O. The number of aryl methyl sites for hydroxylation is 1. The lowest BCUT2D eigenvalue weighted by Crippen LogP contribution is -2.09. The predicted octanol–water partition coefficient (Wildman–Crippen LogP) is 3.79. The quantitative estimate of drug-likeness (QED) is 0.926. The summed E-state index contributed by atoms with van der Waals surface area (Å²) in [6.07, 6.45) is 3.83. The van der Waals surface area contributed by atoms with E-state index in [0.717, 1.165) is 23.0 Å². The van der Waals surface area contributed by atoms with Crippen LogP contribution < -0.4 is 0 Å². The summed E-state index contributed by atoms with van der Waals surface area (Å²) in [7, 11) is 0. The van der Waals surface area contributed by atoms with Crippen LogP contribution in [0.4, 0.5) is 0 Å². The summed E-state index contributed by atoms with van der Waals surface area (Å²) >= 11 is 9.37. The van der Waals surface area contributed by atoms with Gasteiger partial charge in [-0.2, -0.15) is 0 Å². The number of aromatic nitrogens is 2. The lowest BCUT2D eigenvalue weighted by molar-refractivity contribution is 0.204. The summed E-state index contributed by atoms with van der Waals surface area (Å²) in [5.74, 6) is 0.648. The summed E-state index contributed by atoms with van der Waals surface area (Å²) < 4.78 is 2.78. The molecule has 96 valence electrons. The first-order valence-electron chi connectivity index (χ1n) is 5.77. The molecule has 1 atom stereocenters. The molecule has 0 fully saturated rings. The van der Waals surface area contributed by atoms with Gasteiger partial charge in [-0.15, -0.1) is 0 Å². The smallest absolute Gasteiger partial charge is 0.142 e. The number of aliphatic hydroxyl groups excluding tert-OH is 1. The maximum Gasteiger partial charge on any atom is 0.142 e. The van der Waals surface area contributed by atoms with Crippen molar-refractivity contribution < 1.29 is 5.11 Å². The molecule has 5 heteroatoms.